The molecule has 1 rings (SSSR count). The van der Waals surface area contributed by atoms with Crippen molar-refractivity contribution < 1.29 is 33.7 Å². The minimum Gasteiger partial charge on any atom is -0.445 e. The van der Waals surface area contributed by atoms with Gasteiger partial charge in [0.25, 0.3) is 0 Å². The molecule has 0 aliphatic carbocycles. The quantitative estimate of drug-likeness (QED) is 0.238. The molecule has 0 aromatic heterocycles. The van der Waals surface area contributed by atoms with Crippen LogP contribution in [0.1, 0.15) is 5.56 Å². The van der Waals surface area contributed by atoms with Gasteiger partial charge in [0.05, 0.1) is 6.54 Å². The highest BCUT2D eigenvalue weighted by Crippen LogP contribution is 2.00. The van der Waals surface area contributed by atoms with E-state index in [0.717, 1.165) is 5.56 Å². The van der Waals surface area contributed by atoms with E-state index in [1.54, 1.807) is 12.1 Å². The first-order valence-electron chi connectivity index (χ1n) is 7.54. The number of primary amides is 1. The van der Waals surface area contributed by atoms with E-state index in [1.807, 2.05) is 18.2 Å². The lowest BCUT2D eigenvalue weighted by Gasteiger charge is -2.08. The Bertz CT molecular complexity index is 609. The van der Waals surface area contributed by atoms with Gasteiger partial charge in [0.15, 0.2) is 0 Å². The number of alkyl carbamates (subject to hydrolysis) is 1. The van der Waals surface area contributed by atoms with Crippen LogP contribution in [0.25, 0.3) is 0 Å². The maximum absolute atomic E-state index is 11.5. The molecule has 0 saturated carbocycles. The predicted octanol–water partition coefficient (Wildman–Crippen LogP) is -0.828. The molecule has 11 heteroatoms. The van der Waals surface area contributed by atoms with Crippen molar-refractivity contribution in [1.82, 2.24) is 16.0 Å². The van der Waals surface area contributed by atoms with Crippen LogP contribution in [0.3, 0.4) is 0 Å². The molecule has 11 nitrogen and oxygen atoms in total. The molecule has 0 heterocycles. The van der Waals surface area contributed by atoms with E-state index in [2.05, 4.69) is 31.5 Å². The molecule has 0 saturated heterocycles. The lowest BCUT2D eigenvalue weighted by Crippen LogP contribution is -2.42. The predicted molar refractivity (Wildman–Crippen MR) is 87.3 cm³/mol. The van der Waals surface area contributed by atoms with Crippen molar-refractivity contribution in [2.75, 3.05) is 26.2 Å². The minimum absolute atomic E-state index is 0.0477. The number of rotatable bonds is 10. The van der Waals surface area contributed by atoms with Gasteiger partial charge in [0.2, 0.25) is 11.8 Å². The number of amides is 4. The Morgan fingerprint density at radius 1 is 0.923 bits per heavy atom. The van der Waals surface area contributed by atoms with Crippen LogP contribution < -0.4 is 21.7 Å². The molecule has 0 bridgehead atoms. The average molecular weight is 368 g/mol. The number of hydrogen-bond donors (Lipinski definition) is 4. The molecule has 0 spiro atoms. The zero-order valence-corrected chi connectivity index (χ0v) is 13.9. The molecule has 1 aromatic carbocycles. The number of ether oxygens (including phenoxy) is 1. The summed E-state index contributed by atoms with van der Waals surface area (Å²) >= 11 is 0. The van der Waals surface area contributed by atoms with Gasteiger partial charge < -0.3 is 26.4 Å². The Kier molecular flexibility index (Phi) is 9.62. The zero-order valence-electron chi connectivity index (χ0n) is 13.9. The molecule has 26 heavy (non-hydrogen) atoms. The van der Waals surface area contributed by atoms with Crippen LogP contribution in [0.15, 0.2) is 30.3 Å². The summed E-state index contributed by atoms with van der Waals surface area (Å²) in [5.74, 6) is -1.06. The highest BCUT2D eigenvalue weighted by atomic mass is 17.2. The van der Waals surface area contributed by atoms with Crippen LogP contribution in [-0.2, 0) is 30.7 Å². The molecule has 0 aliphatic rings. The van der Waals surface area contributed by atoms with E-state index in [4.69, 9.17) is 4.74 Å². The first-order valence-corrected chi connectivity index (χ1v) is 7.54. The third-order valence-electron chi connectivity index (χ3n) is 2.70. The van der Waals surface area contributed by atoms with Gasteiger partial charge in [-0.25, -0.2) is 9.59 Å². The van der Waals surface area contributed by atoms with Crippen LogP contribution in [0.4, 0.5) is 9.59 Å². The molecule has 0 aliphatic heterocycles. The number of benzene rings is 1. The second-order valence-corrected chi connectivity index (χ2v) is 4.77. The summed E-state index contributed by atoms with van der Waals surface area (Å²) in [6.45, 7) is -0.603. The summed E-state index contributed by atoms with van der Waals surface area (Å²) in [4.78, 5) is 52.9. The van der Waals surface area contributed by atoms with Gasteiger partial charge in [-0.05, 0) is 5.56 Å². The van der Waals surface area contributed by atoms with Crippen LogP contribution in [0.2, 0.25) is 0 Å². The van der Waals surface area contributed by atoms with Gasteiger partial charge in [-0.1, -0.05) is 30.3 Å². The van der Waals surface area contributed by atoms with Gasteiger partial charge in [-0.2, -0.15) is 4.89 Å². The van der Waals surface area contributed by atoms with E-state index >= 15 is 0 Å². The fourth-order valence-electron chi connectivity index (χ4n) is 1.56. The van der Waals surface area contributed by atoms with Gasteiger partial charge in [-0.15, -0.1) is 0 Å². The summed E-state index contributed by atoms with van der Waals surface area (Å²) in [6, 6.07) is 9.05. The van der Waals surface area contributed by atoms with Gasteiger partial charge in [-0.3, -0.25) is 14.5 Å². The smallest absolute Gasteiger partial charge is 0.436 e. The maximum atomic E-state index is 11.5. The lowest BCUT2D eigenvalue weighted by molar-refractivity contribution is -0.234. The fourth-order valence-corrected chi connectivity index (χ4v) is 1.56. The van der Waals surface area contributed by atoms with Crippen molar-refractivity contribution in [2.45, 2.75) is 6.61 Å². The second-order valence-electron chi connectivity index (χ2n) is 4.77. The van der Waals surface area contributed by atoms with Crippen molar-refractivity contribution in [3.8, 4) is 0 Å². The SMILES string of the molecule is NC(=O)OOCCNC(=O)CNC(=O)CNC(=O)OCc1ccccc1. The van der Waals surface area contributed by atoms with Crippen LogP contribution in [0.5, 0.6) is 0 Å². The normalized spacial score (nSPS) is 9.69. The molecular formula is C15H20N4O7. The van der Waals surface area contributed by atoms with Crippen molar-refractivity contribution in [1.29, 1.82) is 0 Å². The largest absolute Gasteiger partial charge is 0.445 e. The highest BCUT2D eigenvalue weighted by Gasteiger charge is 2.08. The first kappa shape index (κ1) is 20.7. The van der Waals surface area contributed by atoms with Crippen LogP contribution in [-0.4, -0.2) is 50.2 Å². The topological polar surface area (TPSA) is 158 Å². The number of carbonyl (C=O) groups excluding carboxylic acids is 4. The van der Waals surface area contributed by atoms with Crippen molar-refractivity contribution in [3.63, 3.8) is 0 Å². The fraction of sp³-hybridized carbons (Fsp3) is 0.333. The summed E-state index contributed by atoms with van der Waals surface area (Å²) in [7, 11) is 0. The summed E-state index contributed by atoms with van der Waals surface area (Å²) in [5, 5.41) is 6.96. The first-order chi connectivity index (χ1) is 12.5. The average Bonchev–Trinajstić information content (AvgIpc) is 2.63. The number of nitrogens with one attached hydrogen (secondary N) is 3. The van der Waals surface area contributed by atoms with E-state index in [1.165, 1.54) is 0 Å². The van der Waals surface area contributed by atoms with Gasteiger partial charge in [0, 0.05) is 6.54 Å². The molecule has 0 radical (unpaired) electrons. The van der Waals surface area contributed by atoms with Gasteiger partial charge >= 0.3 is 12.2 Å². The Morgan fingerprint density at radius 2 is 1.58 bits per heavy atom. The highest BCUT2D eigenvalue weighted by molar-refractivity contribution is 5.87. The molecule has 0 atom stereocenters. The van der Waals surface area contributed by atoms with E-state index in [-0.39, 0.29) is 32.8 Å². The van der Waals surface area contributed by atoms with Gasteiger partial charge in [0.1, 0.15) is 19.8 Å². The molecule has 142 valence electrons. The Morgan fingerprint density at radius 3 is 2.27 bits per heavy atom. The van der Waals surface area contributed by atoms with E-state index in [0.29, 0.717) is 0 Å². The molecule has 1 aromatic rings. The lowest BCUT2D eigenvalue weighted by atomic mass is 10.2. The summed E-state index contributed by atoms with van der Waals surface area (Å²) in [6.07, 6.45) is -1.85. The van der Waals surface area contributed by atoms with Crippen molar-refractivity contribution in [3.05, 3.63) is 35.9 Å². The molecule has 0 unspecified atom stereocenters. The van der Waals surface area contributed by atoms with Crippen LogP contribution in [0, 0.1) is 0 Å². The van der Waals surface area contributed by atoms with Crippen LogP contribution >= 0.6 is 0 Å². The summed E-state index contributed by atoms with van der Waals surface area (Å²) < 4.78 is 4.93. The molecule has 5 N–H and O–H groups in total. The maximum Gasteiger partial charge on any atom is 0.436 e. The standard InChI is InChI=1S/C15H20N4O7/c16-14(22)26-25-7-6-17-12(20)8-18-13(21)9-19-15(23)24-10-11-4-2-1-3-5-11/h1-5H,6-10H2,(H2,16,22)(H,17,20)(H,18,21)(H,19,23). The Balaban J connectivity index is 2.05. The Hall–Kier alpha value is -3.34. The third kappa shape index (κ3) is 10.4. The van der Waals surface area contributed by atoms with Crippen molar-refractivity contribution >= 4 is 24.0 Å². The second kappa shape index (κ2) is 12.1. The summed E-state index contributed by atoms with van der Waals surface area (Å²) in [5.41, 5.74) is 5.47. The monoisotopic (exact) mass is 368 g/mol. The minimum atomic E-state index is -1.10. The molecular weight excluding hydrogens is 348 g/mol. The van der Waals surface area contributed by atoms with Crippen molar-refractivity contribution in [2.24, 2.45) is 5.73 Å². The number of hydrogen-bond acceptors (Lipinski definition) is 7. The Labute approximate surface area is 149 Å². The van der Waals surface area contributed by atoms with E-state index < -0.39 is 24.0 Å². The molecule has 0 fully saturated rings. The number of carbonyl (C=O) groups is 4. The third-order valence-corrected chi connectivity index (χ3v) is 2.70. The molecule has 4 amide bonds. The van der Waals surface area contributed by atoms with E-state index in [9.17, 15) is 19.2 Å². The zero-order chi connectivity index (χ0) is 19.2. The number of nitrogens with two attached hydrogens (primary N) is 1.